The van der Waals surface area contributed by atoms with Gasteiger partial charge >= 0.3 is 7.12 Å². The molecule has 4 fully saturated rings. The predicted octanol–water partition coefficient (Wildman–Crippen LogP) is 5.20. The van der Waals surface area contributed by atoms with Gasteiger partial charge in [-0.25, -0.2) is 15.1 Å². The molecule has 4 N–H and O–H groups in total. The number of carbonyl (C=O) groups is 2. The smallest absolute Gasteiger partial charge is 0.481 e. The van der Waals surface area contributed by atoms with Crippen molar-refractivity contribution < 1.29 is 28.7 Å². The maximum absolute atomic E-state index is 14.1. The number of nitrogens with two attached hydrogens (primary N) is 1. The minimum Gasteiger partial charge on any atom is -0.497 e. The number of hydrogen-bond donors (Lipinski definition) is 3. The molecule has 4 aliphatic rings. The first-order valence-electron chi connectivity index (χ1n) is 17.6. The van der Waals surface area contributed by atoms with Crippen LogP contribution in [0.4, 0.5) is 0 Å². The highest BCUT2D eigenvalue weighted by Crippen LogP contribution is 2.65. The number of benzene rings is 2. The second-order valence-corrected chi connectivity index (χ2v) is 15.4. The van der Waals surface area contributed by atoms with Crippen molar-refractivity contribution >= 4 is 35.5 Å². The van der Waals surface area contributed by atoms with Gasteiger partial charge in [0.2, 0.25) is 5.91 Å². The van der Waals surface area contributed by atoms with Crippen LogP contribution in [0.3, 0.4) is 0 Å². The monoisotopic (exact) mass is 677 g/mol. The number of hydrazine groups is 1. The highest BCUT2D eigenvalue weighted by molar-refractivity contribution is 6.47. The Labute approximate surface area is 289 Å². The molecule has 2 aromatic rings. The van der Waals surface area contributed by atoms with E-state index in [1.165, 1.54) is 0 Å². The van der Waals surface area contributed by atoms with Crippen LogP contribution < -0.4 is 21.2 Å². The van der Waals surface area contributed by atoms with Gasteiger partial charge in [0.15, 0.2) is 5.03 Å². The van der Waals surface area contributed by atoms with E-state index in [9.17, 15) is 19.7 Å². The molecular formula is C36H52BN5O7. The zero-order valence-corrected chi connectivity index (χ0v) is 29.9. The molecule has 12 nitrogen and oxygen atoms in total. The Hall–Kier alpha value is -3.71. The molecule has 6 rings (SSSR count). The summed E-state index contributed by atoms with van der Waals surface area (Å²) in [6.45, 7) is 13.0. The summed E-state index contributed by atoms with van der Waals surface area (Å²) in [6, 6.07) is 11.7. The topological polar surface area (TPSA) is 167 Å². The highest BCUT2D eigenvalue weighted by Gasteiger charge is 2.68. The number of fused-ring (bicyclic) bond motifs is 1. The Morgan fingerprint density at radius 1 is 1.14 bits per heavy atom. The van der Waals surface area contributed by atoms with E-state index in [1.54, 1.807) is 7.11 Å². The van der Waals surface area contributed by atoms with Crippen molar-refractivity contribution in [1.82, 2.24) is 10.7 Å². The lowest BCUT2D eigenvalue weighted by Crippen LogP contribution is -2.65. The Bertz CT molecular complexity index is 1580. The van der Waals surface area contributed by atoms with E-state index in [0.717, 1.165) is 34.9 Å². The molecule has 7 atom stereocenters. The van der Waals surface area contributed by atoms with Crippen molar-refractivity contribution in [3.8, 4) is 5.75 Å². The molecule has 3 saturated carbocycles. The fourth-order valence-electron chi connectivity index (χ4n) is 8.35. The minimum atomic E-state index is -0.776. The molecule has 0 radical (unpaired) electrons. The lowest BCUT2D eigenvalue weighted by atomic mass is 9.43. The average Bonchev–Trinajstić information content (AvgIpc) is 3.41. The summed E-state index contributed by atoms with van der Waals surface area (Å²) in [5.74, 6) is -0.0650. The molecule has 1 heterocycles. The SMILES string of the molecule is COc1ccc2cc([C@H](C)C(=O)C[C@@H](CCCN=C(N)N[N+](=O)[O-])C(=O)N[C@@H](CC(C)C)B3O[C@@H]4C[C@@H]5C[C@@H](C5(C)C)[C@]4(C)O3)ccc2c1. The molecule has 1 amide bonds. The largest absolute Gasteiger partial charge is 0.497 e. The number of guanidine groups is 1. The zero-order valence-electron chi connectivity index (χ0n) is 29.9. The van der Waals surface area contributed by atoms with Crippen LogP contribution in [0.25, 0.3) is 10.8 Å². The predicted molar refractivity (Wildman–Crippen MR) is 189 cm³/mol. The second kappa shape index (κ2) is 14.6. The zero-order chi connectivity index (χ0) is 35.7. The molecule has 0 aromatic heterocycles. The minimum absolute atomic E-state index is 0.0156. The Morgan fingerprint density at radius 3 is 2.53 bits per heavy atom. The number of carbonyl (C=O) groups excluding carboxylic acids is 2. The standard InChI is InChI=1S/C36H52BN5O7/c1-21(2)15-32(37-48-31-20-27-19-30(35(27,4)5)36(31,6)49-37)40-33(44)26(9-8-14-39-34(38)41-42(45)46)18-29(43)22(3)23-10-11-25-17-28(47-7)13-12-24(25)16-23/h10-13,16-17,21-22,26-27,30-32H,8-9,14-15,18-20H2,1-7H3,(H,40,44)(H3,38,39,41)/t22-,26+,27-,30-,31+,32-,36-/m0/s1. The number of ether oxygens (including phenoxy) is 1. The van der Waals surface area contributed by atoms with Crippen molar-refractivity contribution in [2.45, 2.75) is 104 Å². The van der Waals surface area contributed by atoms with Gasteiger partial charge in [0, 0.05) is 24.8 Å². The molecule has 13 heteroatoms. The second-order valence-electron chi connectivity index (χ2n) is 15.4. The number of ketones is 1. The maximum Gasteiger partial charge on any atom is 0.481 e. The highest BCUT2D eigenvalue weighted by atomic mass is 16.7. The first kappa shape index (κ1) is 36.6. The molecule has 0 unspecified atom stereocenters. The molecule has 0 spiro atoms. The first-order valence-corrected chi connectivity index (χ1v) is 17.6. The number of methoxy groups -OCH3 is 1. The summed E-state index contributed by atoms with van der Waals surface area (Å²) >= 11 is 0. The number of aliphatic imine (C=N–C) groups is 1. The molecule has 49 heavy (non-hydrogen) atoms. The van der Waals surface area contributed by atoms with E-state index in [0.29, 0.717) is 31.1 Å². The summed E-state index contributed by atoms with van der Waals surface area (Å²) < 4.78 is 18.7. The van der Waals surface area contributed by atoms with Gasteiger partial charge in [-0.15, -0.1) is 0 Å². The summed E-state index contributed by atoms with van der Waals surface area (Å²) in [5.41, 5.74) is 8.08. The van der Waals surface area contributed by atoms with Crippen molar-refractivity contribution in [3.05, 3.63) is 52.1 Å². The van der Waals surface area contributed by atoms with Crippen molar-refractivity contribution in [2.75, 3.05) is 13.7 Å². The van der Waals surface area contributed by atoms with Crippen LogP contribution >= 0.6 is 0 Å². The molecule has 3 aliphatic carbocycles. The van der Waals surface area contributed by atoms with Gasteiger partial charge in [-0.05, 0) is 90.7 Å². The molecule has 266 valence electrons. The van der Waals surface area contributed by atoms with Crippen molar-refractivity contribution in [2.24, 2.45) is 39.8 Å². The lowest BCUT2D eigenvalue weighted by Gasteiger charge is -2.64. The molecule has 1 aliphatic heterocycles. The normalized spacial score (nSPS) is 26.0. The van der Waals surface area contributed by atoms with Gasteiger partial charge in [0.1, 0.15) is 11.5 Å². The third-order valence-electron chi connectivity index (χ3n) is 11.4. The van der Waals surface area contributed by atoms with E-state index in [1.807, 2.05) is 48.7 Å². The number of amides is 1. The van der Waals surface area contributed by atoms with Gasteiger partial charge in [-0.1, -0.05) is 64.3 Å². The lowest BCUT2D eigenvalue weighted by molar-refractivity contribution is -0.525. The van der Waals surface area contributed by atoms with Crippen LogP contribution in [0, 0.1) is 39.2 Å². The summed E-state index contributed by atoms with van der Waals surface area (Å²) in [5, 5.41) is 15.2. The number of Topliss-reactive ketones (excluding diaryl/α,β-unsaturated/α-hetero) is 1. The van der Waals surface area contributed by atoms with E-state index < -0.39 is 29.6 Å². The first-order chi connectivity index (χ1) is 23.1. The third-order valence-corrected chi connectivity index (χ3v) is 11.4. The summed E-state index contributed by atoms with van der Waals surface area (Å²) in [6.07, 6.45) is 3.50. The number of nitro groups is 1. The van der Waals surface area contributed by atoms with E-state index >= 15 is 0 Å². The number of nitrogens with zero attached hydrogens (tertiary/aromatic N) is 2. The van der Waals surface area contributed by atoms with Crippen molar-refractivity contribution in [1.29, 1.82) is 0 Å². The van der Waals surface area contributed by atoms with E-state index in [-0.39, 0.29) is 54.0 Å². The van der Waals surface area contributed by atoms with Crippen LogP contribution in [0.1, 0.15) is 91.5 Å². The quantitative estimate of drug-likeness (QED) is 0.0573. The van der Waals surface area contributed by atoms with Gasteiger partial charge in [0.25, 0.3) is 5.96 Å². The third kappa shape index (κ3) is 7.88. The van der Waals surface area contributed by atoms with Crippen LogP contribution in [-0.2, 0) is 18.9 Å². The molecule has 1 saturated heterocycles. The maximum atomic E-state index is 14.1. The summed E-state index contributed by atoms with van der Waals surface area (Å²) in [7, 11) is 1.04. The van der Waals surface area contributed by atoms with Gasteiger partial charge in [-0.2, -0.15) is 0 Å². The van der Waals surface area contributed by atoms with E-state index in [2.05, 4.69) is 44.9 Å². The van der Waals surface area contributed by atoms with Gasteiger partial charge in [-0.3, -0.25) is 9.59 Å². The van der Waals surface area contributed by atoms with Crippen LogP contribution in [0.15, 0.2) is 41.4 Å². The fourth-order valence-corrected chi connectivity index (χ4v) is 8.35. The van der Waals surface area contributed by atoms with Crippen LogP contribution in [-0.4, -0.2) is 61.1 Å². The van der Waals surface area contributed by atoms with Gasteiger partial charge < -0.3 is 25.1 Å². The molecule has 2 aromatic carbocycles. The molecular weight excluding hydrogens is 625 g/mol. The number of nitrogens with one attached hydrogen (secondary N) is 2. The molecule has 2 bridgehead atoms. The number of rotatable bonds is 15. The fraction of sp³-hybridized carbons (Fsp3) is 0.639. The van der Waals surface area contributed by atoms with Crippen molar-refractivity contribution in [3.63, 3.8) is 0 Å². The number of hydrogen-bond acceptors (Lipinski definition) is 8. The average molecular weight is 678 g/mol. The van der Waals surface area contributed by atoms with Crippen LogP contribution in [0.5, 0.6) is 5.75 Å². The summed E-state index contributed by atoms with van der Waals surface area (Å²) in [4.78, 5) is 42.6. The Balaban J connectivity index is 1.31. The van der Waals surface area contributed by atoms with E-state index in [4.69, 9.17) is 19.8 Å². The van der Waals surface area contributed by atoms with Crippen LogP contribution in [0.2, 0.25) is 0 Å². The Morgan fingerprint density at radius 2 is 1.86 bits per heavy atom. The Kier molecular flexibility index (Phi) is 10.9. The van der Waals surface area contributed by atoms with Gasteiger partial charge in [0.05, 0.1) is 24.8 Å².